The molecular formula is C21H21NO2. The fraction of sp³-hybridized carbons (Fsp3) is 0.429. The van der Waals surface area contributed by atoms with Crippen molar-refractivity contribution in [3.05, 3.63) is 53.6 Å². The lowest BCUT2D eigenvalue weighted by molar-refractivity contribution is -0.122. The normalized spacial score (nSPS) is 39.7. The largest absolute Gasteiger partial charge is 0.274 e. The molecule has 1 heterocycles. The molecule has 0 spiro atoms. The van der Waals surface area contributed by atoms with Crippen LogP contribution in [0.4, 0.5) is 5.69 Å². The molecule has 0 unspecified atom stereocenters. The van der Waals surface area contributed by atoms with Gasteiger partial charge in [0.05, 0.1) is 17.5 Å². The van der Waals surface area contributed by atoms with Crippen molar-refractivity contribution in [3.8, 4) is 0 Å². The molecular weight excluding hydrogens is 298 g/mol. The molecule has 3 aliphatic carbocycles. The predicted octanol–water partition coefficient (Wildman–Crippen LogP) is 3.58. The van der Waals surface area contributed by atoms with Gasteiger partial charge in [-0.15, -0.1) is 0 Å². The van der Waals surface area contributed by atoms with E-state index in [-0.39, 0.29) is 35.5 Å². The first-order valence-electron chi connectivity index (χ1n) is 8.94. The minimum absolute atomic E-state index is 0.00569. The molecule has 4 aliphatic rings. The highest BCUT2D eigenvalue weighted by atomic mass is 16.2. The van der Waals surface area contributed by atoms with E-state index in [0.717, 1.165) is 6.42 Å². The minimum atomic E-state index is -0.195. The summed E-state index contributed by atoms with van der Waals surface area (Å²) < 4.78 is 0. The molecule has 1 aromatic rings. The maximum atomic E-state index is 13.2. The lowest BCUT2D eigenvalue weighted by Crippen LogP contribution is -2.37. The Morgan fingerprint density at radius 3 is 1.83 bits per heavy atom. The van der Waals surface area contributed by atoms with Gasteiger partial charge < -0.3 is 0 Å². The minimum Gasteiger partial charge on any atom is -0.274 e. The van der Waals surface area contributed by atoms with Gasteiger partial charge in [0.1, 0.15) is 0 Å². The van der Waals surface area contributed by atoms with Crippen LogP contribution in [-0.2, 0) is 9.59 Å². The Morgan fingerprint density at radius 1 is 0.833 bits per heavy atom. The first kappa shape index (κ1) is 14.2. The Balaban J connectivity index is 1.60. The lowest BCUT2D eigenvalue weighted by Gasteiger charge is -2.38. The molecule has 0 saturated carbocycles. The van der Waals surface area contributed by atoms with Crippen LogP contribution in [0.1, 0.15) is 20.3 Å². The number of hydrogen-bond donors (Lipinski definition) is 0. The second-order valence-electron chi connectivity index (χ2n) is 7.72. The van der Waals surface area contributed by atoms with Crippen LogP contribution in [0, 0.1) is 35.5 Å². The summed E-state index contributed by atoms with van der Waals surface area (Å²) in [6, 6.07) is 9.39. The van der Waals surface area contributed by atoms with Crippen molar-refractivity contribution in [1.29, 1.82) is 0 Å². The summed E-state index contributed by atoms with van der Waals surface area (Å²) in [6.45, 7) is 4.32. The summed E-state index contributed by atoms with van der Waals surface area (Å²) in [5, 5.41) is 0. The van der Waals surface area contributed by atoms with Crippen LogP contribution in [0.15, 0.2) is 53.6 Å². The average molecular weight is 319 g/mol. The Hall–Kier alpha value is -2.16. The fourth-order valence-electron chi connectivity index (χ4n) is 5.77. The van der Waals surface area contributed by atoms with E-state index in [2.05, 4.69) is 26.0 Å². The van der Waals surface area contributed by atoms with Crippen LogP contribution in [0.2, 0.25) is 0 Å². The van der Waals surface area contributed by atoms with E-state index in [9.17, 15) is 9.59 Å². The van der Waals surface area contributed by atoms with Gasteiger partial charge >= 0.3 is 0 Å². The van der Waals surface area contributed by atoms with Crippen LogP contribution in [0.25, 0.3) is 0 Å². The van der Waals surface area contributed by atoms with E-state index < -0.39 is 0 Å². The molecule has 0 aromatic heterocycles. The van der Waals surface area contributed by atoms with Crippen molar-refractivity contribution in [1.82, 2.24) is 0 Å². The second-order valence-corrected chi connectivity index (χ2v) is 7.72. The van der Waals surface area contributed by atoms with Crippen LogP contribution in [-0.4, -0.2) is 11.8 Å². The van der Waals surface area contributed by atoms with E-state index in [1.165, 1.54) is 16.0 Å². The standard InChI is InChI=1S/C21H21NO2/c1-11-16-13-8-9-14(10-13)17(16)12(2)19-18(11)20(23)22(21(19)24)15-6-4-3-5-7-15/h3-9,11-14,18-19H,10H2,1-2H3/t11-,12+,13-,14-,18+,19+/m0/s1. The number of allylic oxidation sites excluding steroid dienone is 4. The van der Waals surface area contributed by atoms with Gasteiger partial charge in [0.25, 0.3) is 0 Å². The number of imide groups is 1. The molecule has 3 nitrogen and oxygen atoms in total. The van der Waals surface area contributed by atoms with E-state index >= 15 is 0 Å². The third-order valence-corrected chi connectivity index (χ3v) is 6.69. The lowest BCUT2D eigenvalue weighted by atomic mass is 9.63. The van der Waals surface area contributed by atoms with Crippen LogP contribution >= 0.6 is 0 Å². The van der Waals surface area contributed by atoms with Gasteiger partial charge in [0.15, 0.2) is 0 Å². The first-order valence-corrected chi connectivity index (χ1v) is 8.94. The van der Waals surface area contributed by atoms with Gasteiger partial charge in [-0.2, -0.15) is 0 Å². The molecule has 6 atom stereocenters. The van der Waals surface area contributed by atoms with Crippen molar-refractivity contribution < 1.29 is 9.59 Å². The Kier molecular flexibility index (Phi) is 2.77. The number of anilines is 1. The summed E-state index contributed by atoms with van der Waals surface area (Å²) in [7, 11) is 0. The Morgan fingerprint density at radius 2 is 1.33 bits per heavy atom. The van der Waals surface area contributed by atoms with E-state index in [1.807, 2.05) is 30.3 Å². The van der Waals surface area contributed by atoms with Crippen molar-refractivity contribution >= 4 is 17.5 Å². The molecule has 0 N–H and O–H groups in total. The van der Waals surface area contributed by atoms with Crippen LogP contribution in [0.3, 0.4) is 0 Å². The monoisotopic (exact) mass is 319 g/mol. The first-order chi connectivity index (χ1) is 11.6. The zero-order valence-corrected chi connectivity index (χ0v) is 14.0. The number of amides is 2. The highest BCUT2D eigenvalue weighted by molar-refractivity contribution is 6.22. The van der Waals surface area contributed by atoms with Crippen molar-refractivity contribution in [2.24, 2.45) is 35.5 Å². The molecule has 0 radical (unpaired) electrons. The van der Waals surface area contributed by atoms with E-state index in [4.69, 9.17) is 0 Å². The van der Waals surface area contributed by atoms with Gasteiger partial charge in [-0.05, 0) is 42.2 Å². The highest BCUT2D eigenvalue weighted by Crippen LogP contribution is 2.58. The molecule has 1 fully saturated rings. The summed E-state index contributed by atoms with van der Waals surface area (Å²) >= 11 is 0. The number of rotatable bonds is 1. The molecule has 122 valence electrons. The van der Waals surface area contributed by atoms with Gasteiger partial charge in [0.2, 0.25) is 11.8 Å². The van der Waals surface area contributed by atoms with E-state index in [1.54, 1.807) is 0 Å². The molecule has 5 rings (SSSR count). The summed E-state index contributed by atoms with van der Waals surface area (Å²) in [5.74, 6) is 0.938. The SMILES string of the molecule is C[C@@H]1C2=C([C@H]3C=C[C@H]2C3)[C@H](C)[C@H]2C(=O)N(c3ccccc3)C(=O)[C@@H]21. The van der Waals surface area contributed by atoms with E-state index in [0.29, 0.717) is 17.5 Å². The summed E-state index contributed by atoms with van der Waals surface area (Å²) in [5.41, 5.74) is 3.64. The van der Waals surface area contributed by atoms with Crippen LogP contribution < -0.4 is 4.90 Å². The number of nitrogens with zero attached hydrogens (tertiary/aromatic N) is 1. The smallest absolute Gasteiger partial charge is 0.238 e. The third kappa shape index (κ3) is 1.58. The van der Waals surface area contributed by atoms with Crippen LogP contribution in [0.5, 0.6) is 0 Å². The third-order valence-electron chi connectivity index (χ3n) is 6.69. The zero-order chi connectivity index (χ0) is 16.6. The molecule has 1 aromatic carbocycles. The van der Waals surface area contributed by atoms with Gasteiger partial charge in [-0.25, -0.2) is 0 Å². The molecule has 1 saturated heterocycles. The molecule has 24 heavy (non-hydrogen) atoms. The van der Waals surface area contributed by atoms with Gasteiger partial charge in [-0.3, -0.25) is 14.5 Å². The number of carbonyl (C=O) groups excluding carboxylic acids is 2. The maximum Gasteiger partial charge on any atom is 0.238 e. The van der Waals surface area contributed by atoms with Crippen molar-refractivity contribution in [2.45, 2.75) is 20.3 Å². The quantitative estimate of drug-likeness (QED) is 0.586. The predicted molar refractivity (Wildman–Crippen MR) is 92.0 cm³/mol. The van der Waals surface area contributed by atoms with Gasteiger partial charge in [-0.1, -0.05) is 55.3 Å². The molecule has 1 aliphatic heterocycles. The summed E-state index contributed by atoms with van der Waals surface area (Å²) in [6.07, 6.45) is 5.77. The number of fused-ring (bicyclic) bond motifs is 5. The summed E-state index contributed by atoms with van der Waals surface area (Å²) in [4.78, 5) is 27.8. The van der Waals surface area contributed by atoms with Gasteiger partial charge in [0, 0.05) is 0 Å². The number of benzene rings is 1. The molecule has 2 amide bonds. The molecule has 3 heteroatoms. The van der Waals surface area contributed by atoms with Crippen molar-refractivity contribution in [2.75, 3.05) is 4.90 Å². The Labute approximate surface area is 142 Å². The zero-order valence-electron chi connectivity index (χ0n) is 14.0. The maximum absolute atomic E-state index is 13.2. The number of para-hydroxylation sites is 1. The second kappa shape index (κ2) is 4.69. The Bertz CT molecular complexity index is 760. The topological polar surface area (TPSA) is 37.4 Å². The number of hydrogen-bond acceptors (Lipinski definition) is 2. The number of carbonyl (C=O) groups is 2. The molecule has 2 bridgehead atoms. The highest BCUT2D eigenvalue weighted by Gasteiger charge is 2.59. The average Bonchev–Trinajstić information content (AvgIpc) is 3.26. The van der Waals surface area contributed by atoms with Crippen molar-refractivity contribution in [3.63, 3.8) is 0 Å². The fourth-order valence-corrected chi connectivity index (χ4v) is 5.77.